The monoisotopic (exact) mass is 570 g/mol. The first-order chi connectivity index (χ1) is 15.8. The molecule has 34 heavy (non-hydrogen) atoms. The lowest BCUT2D eigenvalue weighted by Crippen LogP contribution is -2.49. The number of carbonyl (C=O) groups is 2. The third-order valence-corrected chi connectivity index (χ3v) is 6.72. The van der Waals surface area contributed by atoms with Crippen LogP contribution in [-0.4, -0.2) is 35.9 Å². The number of halogens is 3. The van der Waals surface area contributed by atoms with E-state index in [2.05, 4.69) is 42.0 Å². The standard InChI is InChI=1S/C26H33BrCl2N2O3/c1-16(2)13-30-25(33)17(3)31(14-19-21(28)8-7-9-22(19)29)24(32)15-34-23-11-10-18(12-20(23)27)26(4,5)6/h7-12,16-17H,13-15H2,1-6H3,(H,30,33)/t17-/m1/s1. The maximum absolute atomic E-state index is 13.3. The summed E-state index contributed by atoms with van der Waals surface area (Å²) < 4.78 is 6.60. The van der Waals surface area contributed by atoms with E-state index in [1.54, 1.807) is 25.1 Å². The van der Waals surface area contributed by atoms with Gasteiger partial charge in [-0.15, -0.1) is 0 Å². The Balaban J connectivity index is 2.24. The molecule has 0 bridgehead atoms. The highest BCUT2D eigenvalue weighted by Crippen LogP contribution is 2.32. The molecule has 2 aromatic carbocycles. The van der Waals surface area contributed by atoms with Gasteiger partial charge in [0.25, 0.3) is 5.91 Å². The minimum atomic E-state index is -0.742. The first-order valence-electron chi connectivity index (χ1n) is 11.2. The molecule has 186 valence electrons. The molecule has 0 unspecified atom stereocenters. The second kappa shape index (κ2) is 12.3. The average Bonchev–Trinajstić information content (AvgIpc) is 2.75. The molecule has 0 aliphatic carbocycles. The van der Waals surface area contributed by atoms with Crippen molar-refractivity contribution in [2.24, 2.45) is 5.92 Å². The topological polar surface area (TPSA) is 58.6 Å². The van der Waals surface area contributed by atoms with Crippen molar-refractivity contribution in [2.75, 3.05) is 13.2 Å². The summed E-state index contributed by atoms with van der Waals surface area (Å²) in [7, 11) is 0. The SMILES string of the molecule is CC(C)CNC(=O)[C@@H](C)N(Cc1c(Cl)cccc1Cl)C(=O)COc1ccc(C(C)(C)C)cc1Br. The Kier molecular flexibility index (Phi) is 10.3. The van der Waals surface area contributed by atoms with Gasteiger partial charge in [0, 0.05) is 28.7 Å². The van der Waals surface area contributed by atoms with Crippen molar-refractivity contribution in [3.63, 3.8) is 0 Å². The van der Waals surface area contributed by atoms with Crippen LogP contribution in [0.5, 0.6) is 5.75 Å². The van der Waals surface area contributed by atoms with Crippen LogP contribution < -0.4 is 10.1 Å². The third kappa shape index (κ3) is 7.89. The molecule has 8 heteroatoms. The minimum absolute atomic E-state index is 0.0132. The van der Waals surface area contributed by atoms with Gasteiger partial charge in [-0.2, -0.15) is 0 Å². The van der Waals surface area contributed by atoms with Gasteiger partial charge in [-0.3, -0.25) is 9.59 Å². The van der Waals surface area contributed by atoms with E-state index in [1.165, 1.54) is 4.90 Å². The van der Waals surface area contributed by atoms with Crippen molar-refractivity contribution >= 4 is 50.9 Å². The number of nitrogens with zero attached hydrogens (tertiary/aromatic N) is 1. The molecule has 0 heterocycles. The molecule has 0 spiro atoms. The molecule has 2 rings (SSSR count). The number of rotatable bonds is 9. The van der Waals surface area contributed by atoms with Crippen molar-refractivity contribution in [1.82, 2.24) is 10.2 Å². The summed E-state index contributed by atoms with van der Waals surface area (Å²) in [4.78, 5) is 27.5. The van der Waals surface area contributed by atoms with Crippen LogP contribution in [0.25, 0.3) is 0 Å². The Hall–Kier alpha value is -1.76. The van der Waals surface area contributed by atoms with Crippen LogP contribution in [0, 0.1) is 5.92 Å². The Morgan fingerprint density at radius 2 is 1.71 bits per heavy atom. The largest absolute Gasteiger partial charge is 0.483 e. The molecule has 0 saturated carbocycles. The van der Waals surface area contributed by atoms with Gasteiger partial charge in [0.2, 0.25) is 5.91 Å². The zero-order valence-corrected chi connectivity index (χ0v) is 23.6. The molecule has 2 amide bonds. The number of hydrogen-bond donors (Lipinski definition) is 1. The van der Waals surface area contributed by atoms with Crippen LogP contribution in [0.4, 0.5) is 0 Å². The second-order valence-electron chi connectivity index (χ2n) is 9.72. The molecule has 1 atom stereocenters. The summed E-state index contributed by atoms with van der Waals surface area (Å²) in [6.07, 6.45) is 0. The highest BCUT2D eigenvalue weighted by atomic mass is 79.9. The summed E-state index contributed by atoms with van der Waals surface area (Å²) in [5, 5.41) is 3.75. The van der Waals surface area contributed by atoms with E-state index in [0.717, 1.165) is 10.0 Å². The molecule has 0 saturated heterocycles. The normalized spacial score (nSPS) is 12.4. The quantitative estimate of drug-likeness (QED) is 0.368. The van der Waals surface area contributed by atoms with E-state index in [9.17, 15) is 9.59 Å². The van der Waals surface area contributed by atoms with Gasteiger partial charge in [-0.05, 0) is 64.0 Å². The average molecular weight is 572 g/mol. The molecule has 0 fully saturated rings. The first kappa shape index (κ1) is 28.5. The molecule has 1 N–H and O–H groups in total. The number of nitrogens with one attached hydrogen (secondary N) is 1. The lowest BCUT2D eigenvalue weighted by Gasteiger charge is -2.29. The van der Waals surface area contributed by atoms with Gasteiger partial charge in [-0.1, -0.05) is 70.0 Å². The predicted octanol–water partition coefficient (Wildman–Crippen LogP) is 6.62. The summed E-state index contributed by atoms with van der Waals surface area (Å²) >= 11 is 16.2. The Labute approximate surface area is 221 Å². The molecule has 0 aromatic heterocycles. The van der Waals surface area contributed by atoms with E-state index < -0.39 is 6.04 Å². The second-order valence-corrected chi connectivity index (χ2v) is 11.4. The molecule has 5 nitrogen and oxygen atoms in total. The fraction of sp³-hybridized carbons (Fsp3) is 0.462. The number of ether oxygens (including phenoxy) is 1. The number of benzene rings is 2. The van der Waals surface area contributed by atoms with Gasteiger partial charge < -0.3 is 15.0 Å². The summed E-state index contributed by atoms with van der Waals surface area (Å²) in [6.45, 7) is 12.4. The van der Waals surface area contributed by atoms with Crippen molar-refractivity contribution in [2.45, 2.75) is 59.5 Å². The molecular weight excluding hydrogens is 539 g/mol. The van der Waals surface area contributed by atoms with Crippen LogP contribution in [0.1, 0.15) is 52.7 Å². The fourth-order valence-electron chi connectivity index (χ4n) is 3.20. The highest BCUT2D eigenvalue weighted by Gasteiger charge is 2.28. The maximum Gasteiger partial charge on any atom is 0.261 e. The predicted molar refractivity (Wildman–Crippen MR) is 143 cm³/mol. The lowest BCUT2D eigenvalue weighted by molar-refractivity contribution is -0.142. The molecule has 2 aromatic rings. The lowest BCUT2D eigenvalue weighted by atomic mass is 9.87. The van der Waals surface area contributed by atoms with Gasteiger partial charge in [-0.25, -0.2) is 0 Å². The van der Waals surface area contributed by atoms with E-state index >= 15 is 0 Å². The van der Waals surface area contributed by atoms with E-state index in [4.69, 9.17) is 27.9 Å². The van der Waals surface area contributed by atoms with Crippen LogP contribution in [0.2, 0.25) is 10.0 Å². The molecule has 0 radical (unpaired) electrons. The van der Waals surface area contributed by atoms with Crippen LogP contribution in [0.15, 0.2) is 40.9 Å². The fourth-order valence-corrected chi connectivity index (χ4v) is 4.21. The van der Waals surface area contributed by atoms with Gasteiger partial charge in [0.05, 0.1) is 4.47 Å². The van der Waals surface area contributed by atoms with Crippen molar-refractivity contribution in [1.29, 1.82) is 0 Å². The number of hydrogen-bond acceptors (Lipinski definition) is 3. The zero-order valence-electron chi connectivity index (χ0n) is 20.5. The minimum Gasteiger partial charge on any atom is -0.483 e. The Morgan fingerprint density at radius 1 is 1.09 bits per heavy atom. The van der Waals surface area contributed by atoms with Gasteiger partial charge >= 0.3 is 0 Å². The summed E-state index contributed by atoms with van der Waals surface area (Å²) in [5.74, 6) is 0.236. The van der Waals surface area contributed by atoms with E-state index in [-0.39, 0.29) is 36.3 Å². The Morgan fingerprint density at radius 3 is 2.24 bits per heavy atom. The summed E-state index contributed by atoms with van der Waals surface area (Å²) in [6, 6.07) is 10.2. The zero-order chi connectivity index (χ0) is 25.6. The van der Waals surface area contributed by atoms with E-state index in [1.807, 2.05) is 32.0 Å². The maximum atomic E-state index is 13.3. The van der Waals surface area contributed by atoms with Gasteiger partial charge in [0.15, 0.2) is 6.61 Å². The van der Waals surface area contributed by atoms with Crippen molar-refractivity contribution < 1.29 is 14.3 Å². The van der Waals surface area contributed by atoms with Gasteiger partial charge in [0.1, 0.15) is 11.8 Å². The van der Waals surface area contributed by atoms with Crippen molar-refractivity contribution in [3.05, 3.63) is 62.0 Å². The highest BCUT2D eigenvalue weighted by molar-refractivity contribution is 9.10. The van der Waals surface area contributed by atoms with Crippen LogP contribution in [-0.2, 0) is 21.5 Å². The number of carbonyl (C=O) groups excluding carboxylic acids is 2. The van der Waals surface area contributed by atoms with Crippen molar-refractivity contribution in [3.8, 4) is 5.75 Å². The van der Waals surface area contributed by atoms with Crippen LogP contribution >= 0.6 is 39.1 Å². The molecular formula is C26H33BrCl2N2O3. The third-order valence-electron chi connectivity index (χ3n) is 5.39. The molecule has 0 aliphatic heterocycles. The Bertz CT molecular complexity index is 1000. The summed E-state index contributed by atoms with van der Waals surface area (Å²) in [5.41, 5.74) is 1.71. The first-order valence-corrected chi connectivity index (χ1v) is 12.8. The van der Waals surface area contributed by atoms with Crippen LogP contribution in [0.3, 0.4) is 0 Å². The molecule has 0 aliphatic rings. The number of amides is 2. The van der Waals surface area contributed by atoms with E-state index in [0.29, 0.717) is 27.9 Å². The smallest absolute Gasteiger partial charge is 0.261 e.